The minimum absolute atomic E-state index is 0.944. The summed E-state index contributed by atoms with van der Waals surface area (Å²) in [4.78, 5) is 0. The molecule has 0 unspecified atom stereocenters. The maximum Gasteiger partial charge on any atom is 0.0614 e. The number of hydrogen-bond acceptors (Lipinski definition) is 1. The van der Waals surface area contributed by atoms with Gasteiger partial charge in [-0.15, -0.1) is 0 Å². The quantitative estimate of drug-likeness (QED) is 0.549. The number of thiocarbonyl (C=S) groups is 1. The average molecular weight is 115 g/mol. The van der Waals surface area contributed by atoms with Gasteiger partial charge in [-0.05, 0) is 18.8 Å². The lowest BCUT2D eigenvalue weighted by Gasteiger charge is -1.90. The van der Waals surface area contributed by atoms with Gasteiger partial charge >= 0.3 is 0 Å². The molecular weight excluding hydrogens is 106 g/mol. The van der Waals surface area contributed by atoms with E-state index in [9.17, 15) is 0 Å². The van der Waals surface area contributed by atoms with Gasteiger partial charge in [-0.2, -0.15) is 0 Å². The highest BCUT2D eigenvalue weighted by Crippen LogP contribution is 2.27. The molecule has 1 rings (SSSR count). The summed E-state index contributed by atoms with van der Waals surface area (Å²) >= 11 is 4.56. The van der Waals surface area contributed by atoms with Crippen LogP contribution in [0.2, 0.25) is 0 Å². The summed E-state index contributed by atoms with van der Waals surface area (Å²) in [5.74, 6) is 0.944. The molecule has 1 aliphatic carbocycles. The molecule has 0 bridgehead atoms. The number of nitrogens with one attached hydrogen (secondary N) is 1. The van der Waals surface area contributed by atoms with Gasteiger partial charge in [-0.3, -0.25) is 0 Å². The van der Waals surface area contributed by atoms with Gasteiger partial charge in [0.2, 0.25) is 0 Å². The Hall–Kier alpha value is -0.110. The Labute approximate surface area is 49.1 Å². The lowest BCUT2D eigenvalue weighted by Crippen LogP contribution is -2.11. The highest BCUT2D eigenvalue weighted by atomic mass is 32.1. The maximum atomic E-state index is 4.56. The minimum Gasteiger partial charge on any atom is -0.382 e. The molecule has 0 aromatic heterocycles. The first-order valence-corrected chi connectivity index (χ1v) is 3.07. The molecule has 7 heavy (non-hydrogen) atoms. The van der Waals surface area contributed by atoms with Gasteiger partial charge in [-0.25, -0.2) is 0 Å². The first kappa shape index (κ1) is 5.04. The number of rotatable bonds is 3. The lowest BCUT2D eigenvalue weighted by atomic mass is 10.4. The summed E-state index contributed by atoms with van der Waals surface area (Å²) < 4.78 is 0. The summed E-state index contributed by atoms with van der Waals surface area (Å²) in [5, 5.41) is 3.00. The van der Waals surface area contributed by atoms with Crippen molar-refractivity contribution in [2.75, 3.05) is 6.54 Å². The first-order chi connectivity index (χ1) is 3.43. The van der Waals surface area contributed by atoms with Crippen LogP contribution in [0.4, 0.5) is 0 Å². The van der Waals surface area contributed by atoms with E-state index in [-0.39, 0.29) is 0 Å². The van der Waals surface area contributed by atoms with Gasteiger partial charge in [0, 0.05) is 6.54 Å². The van der Waals surface area contributed by atoms with Crippen LogP contribution in [0, 0.1) is 5.92 Å². The lowest BCUT2D eigenvalue weighted by molar-refractivity contribution is 0.786. The molecule has 1 saturated carbocycles. The Bertz CT molecular complexity index is 68.5. The largest absolute Gasteiger partial charge is 0.382 e. The normalized spacial score (nSPS) is 18.9. The smallest absolute Gasteiger partial charge is 0.0614 e. The molecule has 0 radical (unpaired) electrons. The molecule has 1 fully saturated rings. The molecule has 1 nitrogen and oxygen atoms in total. The Morgan fingerprint density at radius 1 is 1.71 bits per heavy atom. The fourth-order valence-electron chi connectivity index (χ4n) is 0.537. The van der Waals surface area contributed by atoms with Gasteiger partial charge in [0.1, 0.15) is 0 Å². The molecule has 2 heteroatoms. The maximum absolute atomic E-state index is 4.56. The van der Waals surface area contributed by atoms with Crippen LogP contribution in [0.25, 0.3) is 0 Å². The van der Waals surface area contributed by atoms with Crippen molar-refractivity contribution < 1.29 is 0 Å². The molecule has 0 amide bonds. The monoisotopic (exact) mass is 115 g/mol. The van der Waals surface area contributed by atoms with E-state index < -0.39 is 0 Å². The molecule has 40 valence electrons. The third kappa shape index (κ3) is 1.88. The van der Waals surface area contributed by atoms with E-state index in [2.05, 4.69) is 17.5 Å². The molecular formula is C5H9NS. The van der Waals surface area contributed by atoms with Crippen LogP contribution in [-0.2, 0) is 0 Å². The second kappa shape index (κ2) is 2.26. The Morgan fingerprint density at radius 2 is 2.43 bits per heavy atom. The van der Waals surface area contributed by atoms with Crippen molar-refractivity contribution in [2.45, 2.75) is 12.8 Å². The van der Waals surface area contributed by atoms with Crippen molar-refractivity contribution in [3.05, 3.63) is 0 Å². The van der Waals surface area contributed by atoms with Gasteiger partial charge in [0.15, 0.2) is 0 Å². The molecule has 0 aromatic rings. The van der Waals surface area contributed by atoms with E-state index in [4.69, 9.17) is 0 Å². The zero-order chi connectivity index (χ0) is 5.11. The summed E-state index contributed by atoms with van der Waals surface area (Å²) in [6.45, 7) is 1.10. The second-order valence-electron chi connectivity index (χ2n) is 1.97. The molecule has 0 atom stereocenters. The average Bonchev–Trinajstić information content (AvgIpc) is 2.42. The second-order valence-corrected chi connectivity index (χ2v) is 2.21. The van der Waals surface area contributed by atoms with E-state index in [0.717, 1.165) is 12.5 Å². The Kier molecular flexibility index (Phi) is 1.63. The van der Waals surface area contributed by atoms with Crippen molar-refractivity contribution in [3.63, 3.8) is 0 Å². The van der Waals surface area contributed by atoms with Crippen LogP contribution in [0.3, 0.4) is 0 Å². The van der Waals surface area contributed by atoms with E-state index in [1.807, 2.05) is 0 Å². The van der Waals surface area contributed by atoms with Crippen molar-refractivity contribution in [1.29, 1.82) is 0 Å². The Balaban J connectivity index is 1.88. The molecule has 0 saturated heterocycles. The zero-order valence-corrected chi connectivity index (χ0v) is 5.00. The van der Waals surface area contributed by atoms with Crippen molar-refractivity contribution >= 4 is 17.7 Å². The molecule has 1 aliphatic rings. The van der Waals surface area contributed by atoms with E-state index in [1.54, 1.807) is 5.49 Å². The predicted octanol–water partition coefficient (Wildman–Crippen LogP) is 0.943. The van der Waals surface area contributed by atoms with Crippen LogP contribution in [-0.4, -0.2) is 12.0 Å². The van der Waals surface area contributed by atoms with Crippen LogP contribution in [0.1, 0.15) is 12.8 Å². The number of hydrogen-bond donors (Lipinski definition) is 1. The van der Waals surface area contributed by atoms with Crippen molar-refractivity contribution in [2.24, 2.45) is 5.92 Å². The summed E-state index contributed by atoms with van der Waals surface area (Å²) in [7, 11) is 0. The third-order valence-electron chi connectivity index (χ3n) is 1.19. The minimum atomic E-state index is 0.944. The van der Waals surface area contributed by atoms with Crippen LogP contribution >= 0.6 is 12.2 Å². The van der Waals surface area contributed by atoms with Gasteiger partial charge < -0.3 is 5.32 Å². The van der Waals surface area contributed by atoms with Gasteiger partial charge in [0.05, 0.1) is 5.49 Å². The Morgan fingerprint density at radius 3 is 2.86 bits per heavy atom. The molecule has 0 heterocycles. The molecule has 0 spiro atoms. The summed E-state index contributed by atoms with van der Waals surface area (Å²) in [5.41, 5.74) is 1.60. The van der Waals surface area contributed by atoms with Crippen molar-refractivity contribution in [1.82, 2.24) is 5.32 Å². The van der Waals surface area contributed by atoms with Crippen molar-refractivity contribution in [3.8, 4) is 0 Å². The first-order valence-electron chi connectivity index (χ1n) is 2.60. The SMILES string of the molecule is S=CNCC1CC1. The van der Waals surface area contributed by atoms with E-state index in [0.29, 0.717) is 0 Å². The van der Waals surface area contributed by atoms with E-state index in [1.165, 1.54) is 12.8 Å². The topological polar surface area (TPSA) is 12.0 Å². The molecule has 0 aromatic carbocycles. The van der Waals surface area contributed by atoms with Crippen LogP contribution < -0.4 is 5.32 Å². The van der Waals surface area contributed by atoms with Gasteiger partial charge in [-0.1, -0.05) is 12.2 Å². The highest BCUT2D eigenvalue weighted by Gasteiger charge is 2.19. The predicted molar refractivity (Wildman–Crippen MR) is 34.4 cm³/mol. The summed E-state index contributed by atoms with van der Waals surface area (Å²) in [6, 6.07) is 0. The van der Waals surface area contributed by atoms with Crippen LogP contribution in [0.15, 0.2) is 0 Å². The van der Waals surface area contributed by atoms with E-state index >= 15 is 0 Å². The highest BCUT2D eigenvalue weighted by molar-refractivity contribution is 7.78. The summed E-state index contributed by atoms with van der Waals surface area (Å²) in [6.07, 6.45) is 2.80. The standard InChI is InChI=1S/C5H9NS/c7-4-6-3-5-1-2-5/h4-5H,1-3H2,(H,6,7). The zero-order valence-electron chi connectivity index (χ0n) is 4.18. The molecule has 1 N–H and O–H groups in total. The third-order valence-corrected chi connectivity index (χ3v) is 1.35. The van der Waals surface area contributed by atoms with Gasteiger partial charge in [0.25, 0.3) is 0 Å². The fourth-order valence-corrected chi connectivity index (χ4v) is 0.633. The molecule has 0 aliphatic heterocycles. The van der Waals surface area contributed by atoms with Crippen LogP contribution in [0.5, 0.6) is 0 Å². The fraction of sp³-hybridized carbons (Fsp3) is 0.800.